The van der Waals surface area contributed by atoms with Gasteiger partial charge in [0.1, 0.15) is 5.75 Å². The van der Waals surface area contributed by atoms with E-state index in [0.717, 1.165) is 0 Å². The molecular weight excluding hydrogens is 391 g/mol. The van der Waals surface area contributed by atoms with Crippen LogP contribution in [0.3, 0.4) is 0 Å². The van der Waals surface area contributed by atoms with Crippen molar-refractivity contribution >= 4 is 39.4 Å². The van der Waals surface area contributed by atoms with Gasteiger partial charge in [0.2, 0.25) is 17.4 Å². The smallest absolute Gasteiger partial charge is 0.302 e. The molecule has 7 nitrogen and oxygen atoms in total. The maximum atomic E-state index is 12.9. The average Bonchev–Trinajstić information content (AvgIpc) is 2.92. The third-order valence-corrected chi connectivity index (χ3v) is 5.83. The predicted molar refractivity (Wildman–Crippen MR) is 107 cm³/mol. The molecular formula is C18H14B3NO6S. The topological polar surface area (TPSA) is 105 Å². The number of hydrogen-bond donors (Lipinski definition) is 1. The number of benzene rings is 2. The molecule has 0 fully saturated rings. The van der Waals surface area contributed by atoms with Crippen LogP contribution >= 0.6 is 0 Å². The summed E-state index contributed by atoms with van der Waals surface area (Å²) in [5.41, 5.74) is 3.72. The third-order valence-electron chi connectivity index (χ3n) is 4.38. The van der Waals surface area contributed by atoms with E-state index < -0.39 is 37.6 Å². The molecule has 3 rings (SSSR count). The van der Waals surface area contributed by atoms with Crippen molar-refractivity contribution in [3.63, 3.8) is 0 Å². The van der Waals surface area contributed by atoms with Gasteiger partial charge in [0.25, 0.3) is 0 Å². The SMILES string of the molecule is [B]C1(c2ccccc2OC)OC(N)=C(OS(=O)(=O)C([B])([B])c2ccccc2)C1=O. The largest absolute Gasteiger partial charge is 0.496 e. The lowest BCUT2D eigenvalue weighted by Gasteiger charge is -2.27. The zero-order valence-electron chi connectivity index (χ0n) is 15.4. The number of nitrogens with two attached hydrogens (primary N) is 1. The van der Waals surface area contributed by atoms with Gasteiger partial charge in [0, 0.05) is 5.56 Å². The quantitative estimate of drug-likeness (QED) is 0.543. The van der Waals surface area contributed by atoms with Crippen molar-refractivity contribution in [2.24, 2.45) is 5.73 Å². The number of Topliss-reactive ketones (excluding diaryl/α,β-unsaturated/α-hetero) is 1. The maximum absolute atomic E-state index is 12.9. The van der Waals surface area contributed by atoms with E-state index in [1.807, 2.05) is 0 Å². The van der Waals surface area contributed by atoms with Crippen LogP contribution in [-0.2, 0) is 33.9 Å². The van der Waals surface area contributed by atoms with Gasteiger partial charge < -0.3 is 19.4 Å². The fraction of sp³-hybridized carbons (Fsp3) is 0.167. The molecule has 142 valence electrons. The normalized spacial score (nSPS) is 19.7. The van der Waals surface area contributed by atoms with Gasteiger partial charge in [-0.05, 0) is 11.6 Å². The van der Waals surface area contributed by atoms with Crippen molar-refractivity contribution in [1.29, 1.82) is 0 Å². The Morgan fingerprint density at radius 3 is 2.28 bits per heavy atom. The van der Waals surface area contributed by atoms with Gasteiger partial charge in [0.05, 0.1) is 27.3 Å². The van der Waals surface area contributed by atoms with Crippen LogP contribution in [0.25, 0.3) is 0 Å². The monoisotopic (exact) mass is 405 g/mol. The molecule has 0 aromatic heterocycles. The number of rotatable bonds is 6. The summed E-state index contributed by atoms with van der Waals surface area (Å²) >= 11 is 0. The third kappa shape index (κ3) is 3.39. The second kappa shape index (κ2) is 7.22. The van der Waals surface area contributed by atoms with Crippen LogP contribution in [0.1, 0.15) is 11.1 Å². The number of carbonyl (C=O) groups is 1. The van der Waals surface area contributed by atoms with E-state index >= 15 is 0 Å². The molecule has 1 atom stereocenters. The Kier molecular flexibility index (Phi) is 5.21. The van der Waals surface area contributed by atoms with Crippen LogP contribution in [0.5, 0.6) is 5.75 Å². The summed E-state index contributed by atoms with van der Waals surface area (Å²) in [5, 5.41) is 0. The molecule has 0 saturated heterocycles. The number of hydrogen-bond acceptors (Lipinski definition) is 7. The Morgan fingerprint density at radius 1 is 1.07 bits per heavy atom. The lowest BCUT2D eigenvalue weighted by Crippen LogP contribution is -2.40. The molecule has 1 aliphatic rings. The molecule has 2 aromatic rings. The molecule has 0 saturated carbocycles. The minimum atomic E-state index is -4.78. The second-order valence-electron chi connectivity index (χ2n) is 6.26. The van der Waals surface area contributed by atoms with E-state index in [-0.39, 0.29) is 16.9 Å². The fourth-order valence-electron chi connectivity index (χ4n) is 2.78. The molecule has 1 heterocycles. The van der Waals surface area contributed by atoms with E-state index in [4.69, 9.17) is 42.9 Å². The number of methoxy groups -OCH3 is 1. The predicted octanol–water partition coefficient (Wildman–Crippen LogP) is 0.237. The average molecular weight is 405 g/mol. The van der Waals surface area contributed by atoms with E-state index in [1.165, 1.54) is 25.3 Å². The van der Waals surface area contributed by atoms with Crippen LogP contribution < -0.4 is 10.5 Å². The molecule has 0 amide bonds. The standard InChI is InChI=1S/C18H14B3NO6S/c1-26-13-10-6-5-9-12(13)17(19)15(23)14(16(22)27-17)28-29(24,25)18(20,21)11-7-3-2-4-8-11/h2-10H,22H2,1H3. The Hall–Kier alpha value is -2.81. The summed E-state index contributed by atoms with van der Waals surface area (Å²) in [4.78, 5) is 12.9. The highest BCUT2D eigenvalue weighted by atomic mass is 32.2. The summed E-state index contributed by atoms with van der Waals surface area (Å²) in [6, 6.07) is 13.8. The summed E-state index contributed by atoms with van der Waals surface area (Å²) in [6.45, 7) is 0. The Bertz CT molecular complexity index is 1090. The summed E-state index contributed by atoms with van der Waals surface area (Å²) in [6.07, 6.45) is 0. The first-order valence-corrected chi connectivity index (χ1v) is 9.68. The van der Waals surface area contributed by atoms with E-state index in [0.29, 0.717) is 0 Å². The van der Waals surface area contributed by atoms with Gasteiger partial charge in [-0.25, -0.2) is 0 Å². The van der Waals surface area contributed by atoms with E-state index in [9.17, 15) is 13.2 Å². The van der Waals surface area contributed by atoms with E-state index in [1.54, 1.807) is 36.4 Å². The van der Waals surface area contributed by atoms with Crippen molar-refractivity contribution < 1.29 is 26.9 Å². The minimum Gasteiger partial charge on any atom is -0.496 e. The van der Waals surface area contributed by atoms with Crippen LogP contribution in [0.15, 0.2) is 66.2 Å². The Labute approximate surface area is 172 Å². The molecule has 1 unspecified atom stereocenters. The van der Waals surface area contributed by atoms with Crippen molar-refractivity contribution in [2.75, 3.05) is 7.11 Å². The van der Waals surface area contributed by atoms with Gasteiger partial charge in [-0.3, -0.25) is 4.79 Å². The minimum absolute atomic E-state index is 0.0364. The molecule has 0 bridgehead atoms. The van der Waals surface area contributed by atoms with Crippen LogP contribution in [0, 0.1) is 0 Å². The number of carbonyl (C=O) groups excluding carboxylic acids is 1. The number of ether oxygens (including phenoxy) is 2. The van der Waals surface area contributed by atoms with Crippen molar-refractivity contribution in [1.82, 2.24) is 0 Å². The van der Waals surface area contributed by atoms with Crippen molar-refractivity contribution in [2.45, 2.75) is 10.0 Å². The lowest BCUT2D eigenvalue weighted by molar-refractivity contribution is -0.126. The highest BCUT2D eigenvalue weighted by Gasteiger charge is 2.51. The van der Waals surface area contributed by atoms with Crippen molar-refractivity contribution in [3.8, 4) is 5.75 Å². The summed E-state index contributed by atoms with van der Waals surface area (Å²) in [5.74, 6) is -2.26. The van der Waals surface area contributed by atoms with Crippen LogP contribution in [-0.4, -0.2) is 44.8 Å². The zero-order chi connectivity index (χ0) is 21.4. The lowest BCUT2D eigenvalue weighted by atomic mass is 9.65. The summed E-state index contributed by atoms with van der Waals surface area (Å²) in [7, 11) is 14.3. The Morgan fingerprint density at radius 2 is 1.66 bits per heavy atom. The molecule has 6 radical (unpaired) electrons. The van der Waals surface area contributed by atoms with Crippen LogP contribution in [0.2, 0.25) is 0 Å². The molecule has 2 aromatic carbocycles. The molecule has 1 aliphatic heterocycles. The first-order valence-electron chi connectivity index (χ1n) is 8.28. The van der Waals surface area contributed by atoms with Crippen molar-refractivity contribution in [3.05, 3.63) is 77.4 Å². The zero-order valence-corrected chi connectivity index (χ0v) is 16.2. The van der Waals surface area contributed by atoms with Gasteiger partial charge in [-0.15, -0.1) is 0 Å². The highest BCUT2D eigenvalue weighted by Crippen LogP contribution is 2.40. The molecule has 0 spiro atoms. The number of ketones is 1. The fourth-order valence-corrected chi connectivity index (χ4v) is 3.72. The van der Waals surface area contributed by atoms with Gasteiger partial charge in [-0.2, -0.15) is 8.42 Å². The first kappa shape index (κ1) is 20.9. The molecule has 2 N–H and O–H groups in total. The summed E-state index contributed by atoms with van der Waals surface area (Å²) < 4.78 is 38.4. The van der Waals surface area contributed by atoms with Gasteiger partial charge in [-0.1, -0.05) is 48.5 Å². The highest BCUT2D eigenvalue weighted by molar-refractivity contribution is 7.90. The molecule has 0 aliphatic carbocycles. The van der Waals surface area contributed by atoms with Gasteiger partial charge >= 0.3 is 10.1 Å². The second-order valence-corrected chi connectivity index (χ2v) is 8.01. The Balaban J connectivity index is 1.96. The number of para-hydroxylation sites is 1. The van der Waals surface area contributed by atoms with Crippen LogP contribution in [0.4, 0.5) is 0 Å². The van der Waals surface area contributed by atoms with E-state index in [2.05, 4.69) is 0 Å². The first-order chi connectivity index (χ1) is 13.5. The van der Waals surface area contributed by atoms with Gasteiger partial charge in [0.15, 0.2) is 13.3 Å². The molecule has 11 heteroatoms. The molecule has 29 heavy (non-hydrogen) atoms. The maximum Gasteiger partial charge on any atom is 0.302 e.